The molecule has 0 fully saturated rings. The van der Waals surface area contributed by atoms with Crippen LogP contribution in [-0.4, -0.2) is 31.5 Å². The van der Waals surface area contributed by atoms with Crippen molar-refractivity contribution in [2.45, 2.75) is 25.9 Å². The lowest BCUT2D eigenvalue weighted by Crippen LogP contribution is -2.18. The first-order valence-corrected chi connectivity index (χ1v) is 9.71. The Bertz CT molecular complexity index is 1080. The van der Waals surface area contributed by atoms with Gasteiger partial charge in [0, 0.05) is 11.6 Å². The molecule has 0 aliphatic rings. The Balaban J connectivity index is 1.72. The molecule has 9 nitrogen and oxygen atoms in total. The molecular weight excluding hydrogens is 392 g/mol. The lowest BCUT2D eigenvalue weighted by molar-refractivity contribution is -0.384. The molecule has 0 saturated carbocycles. The molecule has 0 atom stereocenters. The summed E-state index contributed by atoms with van der Waals surface area (Å²) in [4.78, 5) is 23.1. The number of aromatic nitrogens is 3. The van der Waals surface area contributed by atoms with Crippen molar-refractivity contribution < 1.29 is 9.72 Å². The second kappa shape index (κ2) is 8.31. The highest BCUT2D eigenvalue weighted by atomic mass is 32.2. The lowest BCUT2D eigenvalue weighted by atomic mass is 10.1. The first kappa shape index (κ1) is 20.3. The fourth-order valence-electron chi connectivity index (χ4n) is 2.69. The Morgan fingerprint density at radius 1 is 1.17 bits per heavy atom. The zero-order valence-electron chi connectivity index (χ0n) is 16.2. The monoisotopic (exact) mass is 412 g/mol. The van der Waals surface area contributed by atoms with Gasteiger partial charge in [0.25, 0.3) is 5.69 Å². The number of carbonyl (C=O) groups excluding carboxylic acids is 1. The maximum Gasteiger partial charge on any atom is 0.293 e. The number of carbonyl (C=O) groups is 1. The smallest absolute Gasteiger partial charge is 0.293 e. The summed E-state index contributed by atoms with van der Waals surface area (Å²) < 4.78 is 1.32. The first-order valence-electron chi connectivity index (χ1n) is 8.72. The number of nitrogens with two attached hydrogens (primary N) is 1. The Kier molecular flexibility index (Phi) is 5.83. The average molecular weight is 412 g/mol. The van der Waals surface area contributed by atoms with Gasteiger partial charge in [-0.3, -0.25) is 14.9 Å². The van der Waals surface area contributed by atoms with Crippen LogP contribution >= 0.6 is 11.8 Å². The van der Waals surface area contributed by atoms with Crippen LogP contribution in [0, 0.1) is 30.9 Å². The van der Waals surface area contributed by atoms with Crippen LogP contribution in [0.25, 0.3) is 11.4 Å². The minimum absolute atomic E-state index is 0.0201. The Morgan fingerprint density at radius 3 is 2.52 bits per heavy atom. The summed E-state index contributed by atoms with van der Waals surface area (Å²) in [6.45, 7) is 5.54. The third-order valence-electron chi connectivity index (χ3n) is 4.48. The van der Waals surface area contributed by atoms with E-state index in [1.165, 1.54) is 10.7 Å². The number of aryl methyl sites for hydroxylation is 2. The van der Waals surface area contributed by atoms with E-state index in [1.807, 2.05) is 38.1 Å². The number of benzene rings is 2. The Hall–Kier alpha value is -3.40. The maximum atomic E-state index is 12.4. The van der Waals surface area contributed by atoms with Gasteiger partial charge in [-0.2, -0.15) is 0 Å². The molecule has 0 spiro atoms. The van der Waals surface area contributed by atoms with Crippen molar-refractivity contribution in [3.8, 4) is 11.4 Å². The van der Waals surface area contributed by atoms with Crippen molar-refractivity contribution in [3.05, 3.63) is 63.2 Å². The van der Waals surface area contributed by atoms with Crippen LogP contribution < -0.4 is 11.2 Å². The van der Waals surface area contributed by atoms with E-state index in [9.17, 15) is 14.9 Å². The van der Waals surface area contributed by atoms with E-state index >= 15 is 0 Å². The van der Waals surface area contributed by atoms with Gasteiger partial charge in [0.05, 0.1) is 10.7 Å². The molecule has 0 aliphatic carbocycles. The van der Waals surface area contributed by atoms with Gasteiger partial charge in [0.15, 0.2) is 5.82 Å². The predicted octanol–water partition coefficient (Wildman–Crippen LogP) is 3.22. The zero-order chi connectivity index (χ0) is 21.1. The highest BCUT2D eigenvalue weighted by Crippen LogP contribution is 2.30. The van der Waals surface area contributed by atoms with Crippen LogP contribution in [0.4, 0.5) is 11.4 Å². The van der Waals surface area contributed by atoms with Crippen LogP contribution in [0.1, 0.15) is 16.7 Å². The number of thioether (sulfide) groups is 1. The van der Waals surface area contributed by atoms with Crippen molar-refractivity contribution in [3.63, 3.8) is 0 Å². The molecule has 3 aromatic rings. The number of nitrogens with zero attached hydrogens (tertiary/aromatic N) is 4. The van der Waals surface area contributed by atoms with Crippen LogP contribution in [0.15, 0.2) is 41.6 Å². The lowest BCUT2D eigenvalue weighted by Gasteiger charge is -2.11. The average Bonchev–Trinajstić information content (AvgIpc) is 3.05. The molecule has 1 aromatic heterocycles. The molecule has 1 amide bonds. The van der Waals surface area contributed by atoms with Crippen molar-refractivity contribution >= 4 is 29.0 Å². The quantitative estimate of drug-likeness (QED) is 0.275. The zero-order valence-corrected chi connectivity index (χ0v) is 17.0. The van der Waals surface area contributed by atoms with Gasteiger partial charge in [0.2, 0.25) is 11.1 Å². The molecular formula is C19H20N6O3S. The number of nitrogen functional groups attached to an aromatic ring is 1. The number of nitrogens with one attached hydrogen (secondary N) is 1. The van der Waals surface area contributed by atoms with Gasteiger partial charge in [-0.05, 0) is 31.9 Å². The number of hydrogen-bond acceptors (Lipinski definition) is 7. The van der Waals surface area contributed by atoms with Crippen molar-refractivity contribution in [1.82, 2.24) is 14.9 Å². The standard InChI is InChI=1S/C19H20N6O3S/c1-11-4-7-14(8-5-11)18-22-23-19(24(18)20)29-10-16(26)21-17-13(3)12(2)6-9-15(17)25(27)28/h4-9H,10,20H2,1-3H3,(H,21,26). The molecule has 3 N–H and O–H groups in total. The largest absolute Gasteiger partial charge is 0.335 e. The minimum Gasteiger partial charge on any atom is -0.335 e. The normalized spacial score (nSPS) is 10.7. The van der Waals surface area contributed by atoms with Crippen LogP contribution in [0.5, 0.6) is 0 Å². The summed E-state index contributed by atoms with van der Waals surface area (Å²) in [6.07, 6.45) is 0. The highest BCUT2D eigenvalue weighted by molar-refractivity contribution is 7.99. The van der Waals surface area contributed by atoms with Crippen LogP contribution in [0.3, 0.4) is 0 Å². The number of nitro groups is 1. The van der Waals surface area contributed by atoms with Crippen LogP contribution in [-0.2, 0) is 4.79 Å². The summed E-state index contributed by atoms with van der Waals surface area (Å²) in [7, 11) is 0. The highest BCUT2D eigenvalue weighted by Gasteiger charge is 2.20. The third kappa shape index (κ3) is 4.37. The van der Waals surface area contributed by atoms with Crippen LogP contribution in [0.2, 0.25) is 0 Å². The number of nitro benzene ring substituents is 1. The van der Waals surface area contributed by atoms with Crippen molar-refractivity contribution in [1.29, 1.82) is 0 Å². The molecule has 2 aromatic carbocycles. The first-order chi connectivity index (χ1) is 13.8. The minimum atomic E-state index is -0.514. The molecule has 29 heavy (non-hydrogen) atoms. The van der Waals surface area contributed by atoms with Gasteiger partial charge in [0.1, 0.15) is 5.69 Å². The number of amides is 1. The maximum absolute atomic E-state index is 12.4. The number of hydrogen-bond donors (Lipinski definition) is 2. The van der Waals surface area contributed by atoms with E-state index in [2.05, 4.69) is 15.5 Å². The number of anilines is 1. The van der Waals surface area contributed by atoms with Gasteiger partial charge in [-0.25, -0.2) is 4.68 Å². The summed E-state index contributed by atoms with van der Waals surface area (Å²) in [5.74, 6) is 6.14. The molecule has 0 saturated heterocycles. The Morgan fingerprint density at radius 2 is 1.86 bits per heavy atom. The van der Waals surface area contributed by atoms with E-state index < -0.39 is 10.8 Å². The van der Waals surface area contributed by atoms with Gasteiger partial charge in [-0.15, -0.1) is 10.2 Å². The molecule has 3 rings (SSSR count). The molecule has 0 bridgehead atoms. The molecule has 150 valence electrons. The van der Waals surface area contributed by atoms with Crippen molar-refractivity contribution in [2.75, 3.05) is 16.9 Å². The summed E-state index contributed by atoms with van der Waals surface area (Å²) in [5.41, 5.74) is 3.49. The molecule has 10 heteroatoms. The summed E-state index contributed by atoms with van der Waals surface area (Å²) in [5, 5.41) is 22.4. The predicted molar refractivity (Wildman–Crippen MR) is 112 cm³/mol. The van der Waals surface area contributed by atoms with E-state index in [-0.39, 0.29) is 17.1 Å². The van der Waals surface area contributed by atoms with E-state index in [1.54, 1.807) is 13.0 Å². The van der Waals surface area contributed by atoms with Gasteiger partial charge < -0.3 is 11.2 Å². The molecule has 0 unspecified atom stereocenters. The van der Waals surface area contributed by atoms with Crippen molar-refractivity contribution in [2.24, 2.45) is 0 Å². The van der Waals surface area contributed by atoms with E-state index in [0.717, 1.165) is 28.5 Å². The SMILES string of the molecule is Cc1ccc(-c2nnc(SCC(=O)Nc3c([N+](=O)[O-])ccc(C)c3C)n2N)cc1. The number of rotatable bonds is 6. The second-order valence-electron chi connectivity index (χ2n) is 6.54. The summed E-state index contributed by atoms with van der Waals surface area (Å²) in [6, 6.07) is 10.7. The molecule has 0 aliphatic heterocycles. The molecule has 0 radical (unpaired) electrons. The third-order valence-corrected chi connectivity index (χ3v) is 5.42. The second-order valence-corrected chi connectivity index (χ2v) is 7.48. The fraction of sp³-hybridized carbons (Fsp3) is 0.211. The topological polar surface area (TPSA) is 129 Å². The Labute approximate surface area is 171 Å². The fourth-order valence-corrected chi connectivity index (χ4v) is 3.35. The molecule has 1 heterocycles. The van der Waals surface area contributed by atoms with Gasteiger partial charge >= 0.3 is 0 Å². The summed E-state index contributed by atoms with van der Waals surface area (Å²) >= 11 is 1.10. The van der Waals surface area contributed by atoms with E-state index in [4.69, 9.17) is 5.84 Å². The van der Waals surface area contributed by atoms with Gasteiger partial charge in [-0.1, -0.05) is 47.7 Å². The van der Waals surface area contributed by atoms with E-state index in [0.29, 0.717) is 16.5 Å².